The number of halogens is 6. The highest BCUT2D eigenvalue weighted by Crippen LogP contribution is 2.36. The number of carbonyl (C=O) groups excluding carboxylic acids is 3. The number of alkyl halides is 6. The highest BCUT2D eigenvalue weighted by Gasteiger charge is 2.37. The number of likely N-dealkylation sites (N-methyl/N-ethyl adjacent to an activating group) is 1. The quantitative estimate of drug-likeness (QED) is 0.561. The minimum Gasteiger partial charge on any atom is -0.452 e. The van der Waals surface area contributed by atoms with Gasteiger partial charge in [-0.1, -0.05) is 0 Å². The summed E-state index contributed by atoms with van der Waals surface area (Å²) in [5, 5.41) is 2.62. The normalized spacial score (nSPS) is 14.3. The molecule has 0 saturated heterocycles. The first-order valence-corrected chi connectivity index (χ1v) is 8.27. The Morgan fingerprint density at radius 3 is 2.00 bits per heavy atom. The van der Waals surface area contributed by atoms with Crippen molar-refractivity contribution in [3.05, 3.63) is 34.9 Å². The van der Waals surface area contributed by atoms with Gasteiger partial charge in [-0.2, -0.15) is 26.3 Å². The maximum absolute atomic E-state index is 12.8. The zero-order valence-corrected chi connectivity index (χ0v) is 15.0. The lowest BCUT2D eigenvalue weighted by Crippen LogP contribution is -2.40. The minimum absolute atomic E-state index is 0.0626. The fourth-order valence-corrected chi connectivity index (χ4v) is 2.20. The van der Waals surface area contributed by atoms with Gasteiger partial charge in [-0.25, -0.2) is 4.79 Å². The number of ether oxygens (including phenoxy) is 1. The predicted molar refractivity (Wildman–Crippen MR) is 85.5 cm³/mol. The van der Waals surface area contributed by atoms with Crippen LogP contribution in [-0.2, 0) is 26.7 Å². The molecule has 2 amide bonds. The highest BCUT2D eigenvalue weighted by molar-refractivity contribution is 5.92. The molecule has 29 heavy (non-hydrogen) atoms. The molecule has 160 valence electrons. The minimum atomic E-state index is -5.12. The van der Waals surface area contributed by atoms with Crippen LogP contribution in [-0.4, -0.2) is 48.9 Å². The molecule has 0 radical (unpaired) electrons. The number of nitrogens with one attached hydrogen (secondary N) is 1. The largest absolute Gasteiger partial charge is 0.452 e. The van der Waals surface area contributed by atoms with Gasteiger partial charge in [-0.3, -0.25) is 9.59 Å². The fraction of sp³-hybridized carbons (Fsp3) is 0.471. The molecule has 1 fully saturated rings. The fourth-order valence-electron chi connectivity index (χ4n) is 2.20. The van der Waals surface area contributed by atoms with Gasteiger partial charge in [0.1, 0.15) is 0 Å². The lowest BCUT2D eigenvalue weighted by Gasteiger charge is -2.17. The summed E-state index contributed by atoms with van der Waals surface area (Å²) in [4.78, 5) is 36.3. The summed E-state index contributed by atoms with van der Waals surface area (Å²) in [6, 6.07) is 0.338. The average Bonchev–Trinajstić information content (AvgIpc) is 3.41. The van der Waals surface area contributed by atoms with E-state index in [0.29, 0.717) is 0 Å². The Kier molecular flexibility index (Phi) is 6.43. The van der Waals surface area contributed by atoms with E-state index in [1.165, 1.54) is 7.05 Å². The van der Waals surface area contributed by atoms with Gasteiger partial charge in [0.25, 0.3) is 5.91 Å². The summed E-state index contributed by atoms with van der Waals surface area (Å²) in [6.07, 6.45) is -8.58. The molecule has 1 aliphatic carbocycles. The van der Waals surface area contributed by atoms with E-state index in [-0.39, 0.29) is 30.8 Å². The second-order valence-electron chi connectivity index (χ2n) is 6.46. The second kappa shape index (κ2) is 8.29. The van der Waals surface area contributed by atoms with Crippen molar-refractivity contribution < 1.29 is 45.5 Å². The van der Waals surface area contributed by atoms with E-state index in [4.69, 9.17) is 0 Å². The molecule has 2 rings (SSSR count). The summed E-state index contributed by atoms with van der Waals surface area (Å²) in [5.41, 5.74) is -4.37. The molecule has 1 N–H and O–H groups in total. The van der Waals surface area contributed by atoms with Crippen molar-refractivity contribution >= 4 is 17.8 Å². The maximum atomic E-state index is 12.8. The van der Waals surface area contributed by atoms with Gasteiger partial charge in [0.05, 0.1) is 23.2 Å². The summed E-state index contributed by atoms with van der Waals surface area (Å²) in [6.45, 7) is -1.29. The lowest BCUT2D eigenvalue weighted by molar-refractivity contribution is -0.143. The van der Waals surface area contributed by atoms with E-state index < -0.39 is 53.4 Å². The SMILES string of the molecule is CN(CC(=O)NC1CC1)C(=O)COC(=O)c1cc(C(F)(F)F)cc(C(F)(F)F)c1. The van der Waals surface area contributed by atoms with Crippen molar-refractivity contribution in [2.75, 3.05) is 20.2 Å². The molecule has 1 aliphatic rings. The van der Waals surface area contributed by atoms with E-state index in [2.05, 4.69) is 10.1 Å². The Balaban J connectivity index is 2.03. The number of rotatable bonds is 6. The first kappa shape index (κ1) is 22.5. The summed E-state index contributed by atoms with van der Waals surface area (Å²) in [7, 11) is 1.23. The van der Waals surface area contributed by atoms with E-state index >= 15 is 0 Å². The summed E-state index contributed by atoms with van der Waals surface area (Å²) < 4.78 is 81.4. The molecule has 12 heteroatoms. The Hall–Kier alpha value is -2.79. The molecule has 0 unspecified atom stereocenters. The van der Waals surface area contributed by atoms with Gasteiger partial charge in [0.15, 0.2) is 6.61 Å². The van der Waals surface area contributed by atoms with Gasteiger partial charge in [0.2, 0.25) is 5.91 Å². The maximum Gasteiger partial charge on any atom is 0.416 e. The average molecular weight is 426 g/mol. The first-order valence-electron chi connectivity index (χ1n) is 8.27. The topological polar surface area (TPSA) is 75.7 Å². The highest BCUT2D eigenvalue weighted by atomic mass is 19.4. The van der Waals surface area contributed by atoms with Crippen LogP contribution in [0.25, 0.3) is 0 Å². The van der Waals surface area contributed by atoms with Crippen LogP contribution in [0.5, 0.6) is 0 Å². The summed E-state index contributed by atoms with van der Waals surface area (Å²) >= 11 is 0. The van der Waals surface area contributed by atoms with Crippen LogP contribution in [0.2, 0.25) is 0 Å². The number of hydrogen-bond acceptors (Lipinski definition) is 4. The number of amides is 2. The molecule has 1 aromatic rings. The number of nitrogens with zero attached hydrogens (tertiary/aromatic N) is 1. The van der Waals surface area contributed by atoms with Crippen molar-refractivity contribution in [3.63, 3.8) is 0 Å². The Morgan fingerprint density at radius 1 is 1.03 bits per heavy atom. The van der Waals surface area contributed by atoms with Crippen LogP contribution in [0.3, 0.4) is 0 Å². The number of hydrogen-bond donors (Lipinski definition) is 1. The van der Waals surface area contributed by atoms with Crippen LogP contribution < -0.4 is 5.32 Å². The monoisotopic (exact) mass is 426 g/mol. The molecule has 0 atom stereocenters. The second-order valence-corrected chi connectivity index (χ2v) is 6.46. The smallest absolute Gasteiger partial charge is 0.416 e. The van der Waals surface area contributed by atoms with Crippen LogP contribution in [0.1, 0.15) is 34.3 Å². The van der Waals surface area contributed by atoms with Gasteiger partial charge in [0, 0.05) is 13.1 Å². The van der Waals surface area contributed by atoms with Crippen LogP contribution in [0.4, 0.5) is 26.3 Å². The molecule has 1 aromatic carbocycles. The van der Waals surface area contributed by atoms with E-state index in [1.807, 2.05) is 0 Å². The lowest BCUT2D eigenvalue weighted by atomic mass is 10.0. The molecule has 0 aromatic heterocycles. The third-order valence-corrected chi connectivity index (χ3v) is 3.90. The predicted octanol–water partition coefficient (Wildman–Crippen LogP) is 2.62. The molecular formula is C17H16F6N2O4. The molecule has 0 spiro atoms. The third kappa shape index (κ3) is 6.64. The number of esters is 1. The Bertz CT molecular complexity index is 770. The summed E-state index contributed by atoms with van der Waals surface area (Å²) in [5.74, 6) is -2.83. The van der Waals surface area contributed by atoms with Crippen LogP contribution >= 0.6 is 0 Å². The van der Waals surface area contributed by atoms with Crippen molar-refractivity contribution in [2.24, 2.45) is 0 Å². The standard InChI is InChI=1S/C17H16F6N2O4/c1-25(7-13(26)24-12-2-3-12)14(27)8-29-15(28)9-4-10(16(18,19)20)6-11(5-9)17(21,22)23/h4-6,12H,2-3,7-8H2,1H3,(H,24,26). The molecule has 0 bridgehead atoms. The van der Waals surface area contributed by atoms with Crippen molar-refractivity contribution in [1.29, 1.82) is 0 Å². The molecule has 6 nitrogen and oxygen atoms in total. The molecule has 0 heterocycles. The van der Waals surface area contributed by atoms with Gasteiger partial charge in [-0.05, 0) is 31.0 Å². The van der Waals surface area contributed by atoms with Crippen molar-refractivity contribution in [3.8, 4) is 0 Å². The van der Waals surface area contributed by atoms with Gasteiger partial charge in [-0.15, -0.1) is 0 Å². The molecule has 0 aliphatic heterocycles. The van der Waals surface area contributed by atoms with Gasteiger partial charge >= 0.3 is 18.3 Å². The van der Waals surface area contributed by atoms with E-state index in [9.17, 15) is 40.7 Å². The Labute approximate surface area is 160 Å². The van der Waals surface area contributed by atoms with Crippen molar-refractivity contribution in [1.82, 2.24) is 10.2 Å². The first-order chi connectivity index (χ1) is 13.3. The van der Waals surface area contributed by atoms with Gasteiger partial charge < -0.3 is 15.0 Å². The van der Waals surface area contributed by atoms with Crippen LogP contribution in [0.15, 0.2) is 18.2 Å². The molecule has 1 saturated carbocycles. The zero-order valence-electron chi connectivity index (χ0n) is 15.0. The van der Waals surface area contributed by atoms with Crippen molar-refractivity contribution in [2.45, 2.75) is 31.2 Å². The Morgan fingerprint density at radius 2 is 1.55 bits per heavy atom. The zero-order chi connectivity index (χ0) is 22.0. The third-order valence-electron chi connectivity index (χ3n) is 3.90. The van der Waals surface area contributed by atoms with E-state index in [0.717, 1.165) is 17.7 Å². The molecular weight excluding hydrogens is 410 g/mol. The number of benzene rings is 1. The number of carbonyl (C=O) groups is 3. The van der Waals surface area contributed by atoms with Crippen LogP contribution in [0, 0.1) is 0 Å². The van der Waals surface area contributed by atoms with E-state index in [1.54, 1.807) is 0 Å².